The third kappa shape index (κ3) is 1.34. The van der Waals surface area contributed by atoms with E-state index < -0.39 is 16.8 Å². The number of rotatable bonds is 2. The lowest BCUT2D eigenvalue weighted by molar-refractivity contribution is -0.0880. The molecule has 1 atom stereocenters. The molecule has 0 aliphatic heterocycles. The maximum absolute atomic E-state index is 13.6. The highest BCUT2D eigenvalue weighted by atomic mass is 19.1. The molecule has 0 saturated heterocycles. The van der Waals surface area contributed by atoms with Gasteiger partial charge in [-0.1, -0.05) is 24.6 Å². The predicted molar refractivity (Wildman–Crippen MR) is 57.9 cm³/mol. The molecule has 0 heterocycles. The summed E-state index contributed by atoms with van der Waals surface area (Å²) in [5, 5.41) is 19.7. The molecule has 0 amide bonds. The Hall–Kier alpha value is -1.40. The summed E-state index contributed by atoms with van der Waals surface area (Å²) in [6, 6.07) is 8.28. The lowest BCUT2D eigenvalue weighted by Gasteiger charge is -2.46. The molecule has 2 nitrogen and oxygen atoms in total. The van der Waals surface area contributed by atoms with Crippen molar-refractivity contribution in [1.29, 1.82) is 5.26 Å². The highest BCUT2D eigenvalue weighted by Gasteiger charge is 2.53. The molecule has 3 heteroatoms. The number of halogens is 1. The Balaban J connectivity index is 2.47. The van der Waals surface area contributed by atoms with Gasteiger partial charge in [0.15, 0.2) is 0 Å². The lowest BCUT2D eigenvalue weighted by atomic mass is 9.58. The van der Waals surface area contributed by atoms with Gasteiger partial charge in [0, 0.05) is 5.56 Å². The Kier molecular flexibility index (Phi) is 2.47. The zero-order chi connectivity index (χ0) is 11.8. The van der Waals surface area contributed by atoms with Gasteiger partial charge < -0.3 is 5.11 Å². The summed E-state index contributed by atoms with van der Waals surface area (Å²) in [5.41, 5.74) is -2.02. The van der Waals surface area contributed by atoms with Crippen molar-refractivity contribution in [2.75, 3.05) is 0 Å². The third-order valence-electron chi connectivity index (χ3n) is 3.75. The van der Waals surface area contributed by atoms with Gasteiger partial charge in [-0.25, -0.2) is 4.39 Å². The van der Waals surface area contributed by atoms with Crippen molar-refractivity contribution in [1.82, 2.24) is 0 Å². The van der Waals surface area contributed by atoms with Gasteiger partial charge in [-0.2, -0.15) is 5.26 Å². The normalized spacial score (nSPS) is 21.6. The molecule has 0 bridgehead atoms. The van der Waals surface area contributed by atoms with Gasteiger partial charge in [-0.15, -0.1) is 0 Å². The minimum atomic E-state index is -1.41. The molecule has 1 aliphatic carbocycles. The summed E-state index contributed by atoms with van der Waals surface area (Å²) >= 11 is 0. The summed E-state index contributed by atoms with van der Waals surface area (Å²) < 4.78 is 13.6. The summed E-state index contributed by atoms with van der Waals surface area (Å²) in [4.78, 5) is 0. The maximum Gasteiger partial charge on any atom is 0.129 e. The van der Waals surface area contributed by atoms with Crippen molar-refractivity contribution >= 4 is 0 Å². The number of nitriles is 1. The highest BCUT2D eigenvalue weighted by Crippen LogP contribution is 2.53. The number of nitrogens with zero attached hydrogens (tertiary/aromatic N) is 1. The van der Waals surface area contributed by atoms with Crippen LogP contribution >= 0.6 is 0 Å². The molecular weight excluding hydrogens is 205 g/mol. The standard InChI is InChI=1S/C13H14FNO/c1-12(16,13(9-15)7-4-8-13)10-5-2-3-6-11(10)14/h2-3,5-6,16H,4,7-8H2,1H3. The van der Waals surface area contributed by atoms with Crippen molar-refractivity contribution in [3.63, 3.8) is 0 Å². The smallest absolute Gasteiger partial charge is 0.129 e. The van der Waals surface area contributed by atoms with Crippen molar-refractivity contribution in [3.8, 4) is 6.07 Å². The van der Waals surface area contributed by atoms with Crippen molar-refractivity contribution in [2.24, 2.45) is 5.41 Å². The molecule has 0 radical (unpaired) electrons. The first-order valence-corrected chi connectivity index (χ1v) is 5.42. The van der Waals surface area contributed by atoms with Crippen LogP contribution in [0, 0.1) is 22.6 Å². The molecule has 1 N–H and O–H groups in total. The maximum atomic E-state index is 13.6. The van der Waals surface area contributed by atoms with E-state index in [1.807, 2.05) is 0 Å². The molecule has 1 unspecified atom stereocenters. The number of hydrogen-bond donors (Lipinski definition) is 1. The molecular formula is C13H14FNO. The molecule has 1 saturated carbocycles. The van der Waals surface area contributed by atoms with E-state index in [4.69, 9.17) is 0 Å². The van der Waals surface area contributed by atoms with E-state index in [1.165, 1.54) is 13.0 Å². The SMILES string of the molecule is CC(O)(c1ccccc1F)C1(C#N)CCC1. The summed E-state index contributed by atoms with van der Waals surface area (Å²) in [7, 11) is 0. The van der Waals surface area contributed by atoms with Crippen LogP contribution in [0.25, 0.3) is 0 Å². The lowest BCUT2D eigenvalue weighted by Crippen LogP contribution is -2.47. The summed E-state index contributed by atoms with van der Waals surface area (Å²) in [6.45, 7) is 1.54. The minimum absolute atomic E-state index is 0.219. The van der Waals surface area contributed by atoms with E-state index in [9.17, 15) is 14.8 Å². The quantitative estimate of drug-likeness (QED) is 0.831. The van der Waals surface area contributed by atoms with E-state index in [2.05, 4.69) is 6.07 Å². The van der Waals surface area contributed by atoms with Crippen LogP contribution in [0.2, 0.25) is 0 Å². The second-order valence-electron chi connectivity index (χ2n) is 4.60. The summed E-state index contributed by atoms with van der Waals surface area (Å²) in [5.74, 6) is -0.450. The third-order valence-corrected chi connectivity index (χ3v) is 3.75. The van der Waals surface area contributed by atoms with Gasteiger partial charge in [-0.05, 0) is 25.8 Å². The van der Waals surface area contributed by atoms with Gasteiger partial charge in [0.25, 0.3) is 0 Å². The average Bonchev–Trinajstić information content (AvgIpc) is 2.16. The Labute approximate surface area is 94.3 Å². The molecule has 16 heavy (non-hydrogen) atoms. The first-order chi connectivity index (χ1) is 7.53. The fourth-order valence-corrected chi connectivity index (χ4v) is 2.35. The van der Waals surface area contributed by atoms with Gasteiger partial charge in [0.05, 0.1) is 11.5 Å². The molecule has 1 aliphatic rings. The van der Waals surface area contributed by atoms with Crippen molar-refractivity contribution < 1.29 is 9.50 Å². The van der Waals surface area contributed by atoms with Gasteiger partial charge in [0.2, 0.25) is 0 Å². The first kappa shape index (κ1) is 11.1. The minimum Gasteiger partial charge on any atom is -0.384 e. The summed E-state index contributed by atoms with van der Waals surface area (Å²) in [6.07, 6.45) is 2.17. The van der Waals surface area contributed by atoms with Crippen LogP contribution < -0.4 is 0 Å². The average molecular weight is 219 g/mol. The number of benzene rings is 1. The Morgan fingerprint density at radius 2 is 2.06 bits per heavy atom. The zero-order valence-electron chi connectivity index (χ0n) is 9.20. The van der Waals surface area contributed by atoms with Gasteiger partial charge in [-0.3, -0.25) is 0 Å². The first-order valence-electron chi connectivity index (χ1n) is 5.42. The number of hydrogen-bond acceptors (Lipinski definition) is 2. The van der Waals surface area contributed by atoms with Crippen LogP contribution in [-0.4, -0.2) is 5.11 Å². The van der Waals surface area contributed by atoms with Crippen LogP contribution in [0.5, 0.6) is 0 Å². The van der Waals surface area contributed by atoms with E-state index >= 15 is 0 Å². The van der Waals surface area contributed by atoms with Crippen LogP contribution in [0.4, 0.5) is 4.39 Å². The molecule has 84 valence electrons. The molecule has 1 fully saturated rings. The highest BCUT2D eigenvalue weighted by molar-refractivity contribution is 5.30. The molecule has 2 rings (SSSR count). The van der Waals surface area contributed by atoms with E-state index in [0.717, 1.165) is 6.42 Å². The van der Waals surface area contributed by atoms with Crippen LogP contribution in [0.3, 0.4) is 0 Å². The second-order valence-corrected chi connectivity index (χ2v) is 4.60. The Bertz CT molecular complexity index is 443. The molecule has 0 spiro atoms. The Morgan fingerprint density at radius 3 is 2.50 bits per heavy atom. The largest absolute Gasteiger partial charge is 0.384 e. The number of aliphatic hydroxyl groups is 1. The van der Waals surface area contributed by atoms with E-state index in [1.54, 1.807) is 18.2 Å². The van der Waals surface area contributed by atoms with Gasteiger partial charge in [0.1, 0.15) is 11.4 Å². The molecule has 1 aromatic rings. The fraction of sp³-hybridized carbons (Fsp3) is 0.462. The van der Waals surface area contributed by atoms with Crippen molar-refractivity contribution in [3.05, 3.63) is 35.6 Å². The zero-order valence-corrected chi connectivity index (χ0v) is 9.20. The van der Waals surface area contributed by atoms with Crippen LogP contribution in [-0.2, 0) is 5.60 Å². The topological polar surface area (TPSA) is 44.0 Å². The Morgan fingerprint density at radius 1 is 1.44 bits per heavy atom. The van der Waals surface area contributed by atoms with E-state index in [0.29, 0.717) is 12.8 Å². The molecule has 0 aromatic heterocycles. The van der Waals surface area contributed by atoms with Gasteiger partial charge >= 0.3 is 0 Å². The monoisotopic (exact) mass is 219 g/mol. The van der Waals surface area contributed by atoms with E-state index in [-0.39, 0.29) is 5.56 Å². The molecule has 1 aromatic carbocycles. The second kappa shape index (κ2) is 3.57. The van der Waals surface area contributed by atoms with Crippen LogP contribution in [0.1, 0.15) is 31.7 Å². The van der Waals surface area contributed by atoms with Crippen molar-refractivity contribution in [2.45, 2.75) is 31.8 Å². The van der Waals surface area contributed by atoms with Crippen LogP contribution in [0.15, 0.2) is 24.3 Å². The predicted octanol–water partition coefficient (Wildman–Crippen LogP) is 2.73. The fourth-order valence-electron chi connectivity index (χ4n) is 2.35.